The minimum atomic E-state index is 0.357. The Morgan fingerprint density at radius 1 is 1.27 bits per heavy atom. The molecule has 0 fully saturated rings. The Morgan fingerprint density at radius 3 is 2.60 bits per heavy atom. The van der Waals surface area contributed by atoms with Gasteiger partial charge >= 0.3 is 0 Å². The third-order valence-electron chi connectivity index (χ3n) is 2.13. The maximum absolute atomic E-state index is 3.95. The summed E-state index contributed by atoms with van der Waals surface area (Å²) in [5.74, 6) is 0. The van der Waals surface area contributed by atoms with Gasteiger partial charge in [0.15, 0.2) is 0 Å². The number of thioether (sulfide) groups is 1. The van der Waals surface area contributed by atoms with Gasteiger partial charge in [-0.25, -0.2) is 4.68 Å². The molecule has 2 aromatic rings. The summed E-state index contributed by atoms with van der Waals surface area (Å²) >= 11 is 1.66. The molecular weight excluding hydrogens is 208 g/mol. The Morgan fingerprint density at radius 2 is 2.00 bits per heavy atom. The maximum Gasteiger partial charge on any atom is 0.209 e. The van der Waals surface area contributed by atoms with Crippen molar-refractivity contribution in [3.8, 4) is 0 Å². The predicted molar refractivity (Wildman–Crippen MR) is 59.5 cm³/mol. The Bertz CT molecular complexity index is 426. The van der Waals surface area contributed by atoms with Crippen LogP contribution in [0.2, 0.25) is 0 Å². The molecule has 1 aromatic carbocycles. The summed E-state index contributed by atoms with van der Waals surface area (Å²) in [6, 6.07) is 10.3. The molecule has 0 saturated heterocycles. The van der Waals surface area contributed by atoms with Crippen molar-refractivity contribution >= 4 is 11.8 Å². The summed E-state index contributed by atoms with van der Waals surface area (Å²) in [6.45, 7) is 2.15. The van der Waals surface area contributed by atoms with E-state index in [1.807, 2.05) is 25.2 Å². The first-order valence-electron chi connectivity index (χ1n) is 4.71. The highest BCUT2D eigenvalue weighted by atomic mass is 32.2. The van der Waals surface area contributed by atoms with Crippen LogP contribution >= 0.6 is 11.8 Å². The van der Waals surface area contributed by atoms with E-state index in [1.54, 1.807) is 16.4 Å². The number of rotatable bonds is 3. The van der Waals surface area contributed by atoms with Crippen molar-refractivity contribution in [3.63, 3.8) is 0 Å². The minimum absolute atomic E-state index is 0.357. The average molecular weight is 220 g/mol. The topological polar surface area (TPSA) is 43.6 Å². The van der Waals surface area contributed by atoms with E-state index < -0.39 is 0 Å². The highest BCUT2D eigenvalue weighted by molar-refractivity contribution is 7.99. The fourth-order valence-electron chi connectivity index (χ4n) is 1.27. The van der Waals surface area contributed by atoms with Gasteiger partial charge < -0.3 is 0 Å². The highest BCUT2D eigenvalue weighted by Gasteiger charge is 2.10. The fourth-order valence-corrected chi connectivity index (χ4v) is 2.15. The molecule has 1 atom stereocenters. The molecule has 0 amide bonds. The van der Waals surface area contributed by atoms with Crippen LogP contribution in [0.25, 0.3) is 0 Å². The Kier molecular flexibility index (Phi) is 3.01. The molecule has 0 saturated carbocycles. The second kappa shape index (κ2) is 4.44. The smallest absolute Gasteiger partial charge is 0.209 e. The number of nitrogens with zero attached hydrogens (tertiary/aromatic N) is 4. The Hall–Kier alpha value is -1.36. The lowest BCUT2D eigenvalue weighted by atomic mass is 10.2. The van der Waals surface area contributed by atoms with Gasteiger partial charge in [0.05, 0.1) is 0 Å². The lowest BCUT2D eigenvalue weighted by Crippen LogP contribution is -1.95. The molecule has 4 nitrogen and oxygen atoms in total. The fraction of sp³-hybridized carbons (Fsp3) is 0.300. The molecule has 78 valence electrons. The van der Waals surface area contributed by atoms with Crippen molar-refractivity contribution < 1.29 is 0 Å². The number of tetrazole rings is 1. The monoisotopic (exact) mass is 220 g/mol. The largest absolute Gasteiger partial charge is 0.224 e. The number of aromatic nitrogens is 4. The van der Waals surface area contributed by atoms with E-state index in [0.717, 1.165) is 5.16 Å². The van der Waals surface area contributed by atoms with E-state index >= 15 is 0 Å². The van der Waals surface area contributed by atoms with Gasteiger partial charge in [-0.05, 0) is 22.9 Å². The summed E-state index contributed by atoms with van der Waals surface area (Å²) < 4.78 is 1.68. The second-order valence-corrected chi connectivity index (χ2v) is 4.56. The van der Waals surface area contributed by atoms with Crippen LogP contribution in [0.15, 0.2) is 35.5 Å². The normalized spacial score (nSPS) is 12.7. The molecule has 0 unspecified atom stereocenters. The quantitative estimate of drug-likeness (QED) is 0.743. The van der Waals surface area contributed by atoms with Crippen molar-refractivity contribution in [2.24, 2.45) is 7.05 Å². The van der Waals surface area contributed by atoms with E-state index in [1.165, 1.54) is 5.56 Å². The van der Waals surface area contributed by atoms with Crippen LogP contribution in [0.5, 0.6) is 0 Å². The summed E-state index contributed by atoms with van der Waals surface area (Å²) in [4.78, 5) is 0. The number of benzene rings is 1. The predicted octanol–water partition coefficient (Wildman–Crippen LogP) is 2.06. The highest BCUT2D eigenvalue weighted by Crippen LogP contribution is 2.32. The zero-order valence-electron chi connectivity index (χ0n) is 8.66. The van der Waals surface area contributed by atoms with Crippen LogP contribution in [0, 0.1) is 0 Å². The number of hydrogen-bond acceptors (Lipinski definition) is 4. The van der Waals surface area contributed by atoms with Crippen molar-refractivity contribution in [1.29, 1.82) is 0 Å². The molecule has 0 aliphatic heterocycles. The summed E-state index contributed by atoms with van der Waals surface area (Å²) in [5, 5.41) is 12.6. The molecule has 0 aliphatic rings. The van der Waals surface area contributed by atoms with E-state index in [2.05, 4.69) is 34.6 Å². The Labute approximate surface area is 92.7 Å². The van der Waals surface area contributed by atoms with E-state index in [4.69, 9.17) is 0 Å². The van der Waals surface area contributed by atoms with E-state index in [0.29, 0.717) is 5.25 Å². The molecule has 1 heterocycles. The summed E-state index contributed by atoms with van der Waals surface area (Å²) in [7, 11) is 1.85. The van der Waals surface area contributed by atoms with Crippen molar-refractivity contribution in [1.82, 2.24) is 20.2 Å². The van der Waals surface area contributed by atoms with Gasteiger partial charge in [0, 0.05) is 12.3 Å². The summed E-state index contributed by atoms with van der Waals surface area (Å²) in [5.41, 5.74) is 1.28. The third kappa shape index (κ3) is 2.36. The Balaban J connectivity index is 2.11. The lowest BCUT2D eigenvalue weighted by molar-refractivity contribution is 0.663. The molecule has 0 spiro atoms. The SMILES string of the molecule is C[C@@H](Sc1nnnn1C)c1ccccc1. The van der Waals surface area contributed by atoms with Crippen molar-refractivity contribution in [3.05, 3.63) is 35.9 Å². The number of hydrogen-bond donors (Lipinski definition) is 0. The van der Waals surface area contributed by atoms with E-state index in [-0.39, 0.29) is 0 Å². The molecule has 0 aliphatic carbocycles. The molecule has 2 rings (SSSR count). The second-order valence-electron chi connectivity index (χ2n) is 3.26. The molecule has 5 heteroatoms. The molecular formula is C10H12N4S. The standard InChI is InChI=1S/C10H12N4S/c1-8(9-6-4-3-5-7-9)15-10-11-12-13-14(10)2/h3-8H,1-2H3/t8-/m1/s1. The molecule has 15 heavy (non-hydrogen) atoms. The summed E-state index contributed by atoms with van der Waals surface area (Å²) in [6.07, 6.45) is 0. The van der Waals surface area contributed by atoms with Gasteiger partial charge in [0.1, 0.15) is 0 Å². The van der Waals surface area contributed by atoms with Crippen molar-refractivity contribution in [2.75, 3.05) is 0 Å². The van der Waals surface area contributed by atoms with Gasteiger partial charge in [-0.2, -0.15) is 0 Å². The zero-order valence-corrected chi connectivity index (χ0v) is 9.48. The van der Waals surface area contributed by atoms with Gasteiger partial charge in [-0.15, -0.1) is 5.10 Å². The van der Waals surface area contributed by atoms with Crippen LogP contribution in [-0.2, 0) is 7.05 Å². The van der Waals surface area contributed by atoms with Gasteiger partial charge in [-0.1, -0.05) is 42.1 Å². The third-order valence-corrected chi connectivity index (χ3v) is 3.31. The van der Waals surface area contributed by atoms with Crippen LogP contribution in [0.1, 0.15) is 17.7 Å². The molecule has 0 N–H and O–H groups in total. The molecule has 0 radical (unpaired) electrons. The van der Waals surface area contributed by atoms with Gasteiger partial charge in [-0.3, -0.25) is 0 Å². The first kappa shape index (κ1) is 10.2. The zero-order chi connectivity index (χ0) is 10.7. The average Bonchev–Trinajstić information content (AvgIpc) is 2.66. The first-order valence-corrected chi connectivity index (χ1v) is 5.59. The molecule has 0 bridgehead atoms. The lowest BCUT2D eigenvalue weighted by Gasteiger charge is -2.09. The van der Waals surface area contributed by atoms with Gasteiger partial charge in [0.25, 0.3) is 0 Å². The van der Waals surface area contributed by atoms with Gasteiger partial charge in [0.2, 0.25) is 5.16 Å². The maximum atomic E-state index is 3.95. The van der Waals surface area contributed by atoms with Crippen LogP contribution in [0.3, 0.4) is 0 Å². The first-order chi connectivity index (χ1) is 7.27. The van der Waals surface area contributed by atoms with Crippen LogP contribution in [-0.4, -0.2) is 20.2 Å². The minimum Gasteiger partial charge on any atom is -0.224 e. The van der Waals surface area contributed by atoms with Crippen LogP contribution in [0.4, 0.5) is 0 Å². The van der Waals surface area contributed by atoms with Crippen molar-refractivity contribution in [2.45, 2.75) is 17.3 Å². The number of aryl methyl sites for hydroxylation is 1. The van der Waals surface area contributed by atoms with Crippen LogP contribution < -0.4 is 0 Å². The molecule has 1 aromatic heterocycles. The van der Waals surface area contributed by atoms with E-state index in [9.17, 15) is 0 Å².